The molecule has 8 heteroatoms. The molecule has 0 spiro atoms. The number of carbonyl (C=O) groups excluding carboxylic acids is 2. The van der Waals surface area contributed by atoms with Crippen molar-refractivity contribution >= 4 is 33.2 Å². The van der Waals surface area contributed by atoms with E-state index in [0.29, 0.717) is 11.3 Å². The topological polar surface area (TPSA) is 104 Å². The van der Waals surface area contributed by atoms with Gasteiger partial charge in [-0.2, -0.15) is 0 Å². The largest absolute Gasteiger partial charge is 0.349 e. The molecule has 0 radical (unpaired) electrons. The molecule has 0 unspecified atom stereocenters. The first-order valence-electron chi connectivity index (χ1n) is 10.2. The lowest BCUT2D eigenvalue weighted by molar-refractivity contribution is 0.0949. The fourth-order valence-electron chi connectivity index (χ4n) is 3.09. The zero-order chi connectivity index (χ0) is 22.7. The van der Waals surface area contributed by atoms with Crippen molar-refractivity contribution in [3.05, 3.63) is 89.5 Å². The molecule has 32 heavy (non-hydrogen) atoms. The predicted molar refractivity (Wildman–Crippen MR) is 123 cm³/mol. The lowest BCUT2D eigenvalue weighted by atomic mass is 10.1. The average molecular weight is 450 g/mol. The van der Waals surface area contributed by atoms with Crippen LogP contribution in [-0.2, 0) is 10.0 Å². The van der Waals surface area contributed by atoms with Gasteiger partial charge in [-0.25, -0.2) is 8.42 Å². The maximum absolute atomic E-state index is 12.7. The monoisotopic (exact) mass is 449 g/mol. The zero-order valence-electron chi connectivity index (χ0n) is 17.5. The number of carbonyl (C=O) groups is 2. The summed E-state index contributed by atoms with van der Waals surface area (Å²) in [5, 5.41) is 5.67. The number of sulfonamides is 1. The SMILES string of the molecule is Cc1ccc(S(=O)(=O)Nc2cccc(C(=O)Nc3cccc(C(=O)NC4CC4)c3)c2)cc1. The molecular formula is C24H23N3O4S. The fourth-order valence-corrected chi connectivity index (χ4v) is 4.14. The van der Waals surface area contributed by atoms with Gasteiger partial charge in [0.1, 0.15) is 0 Å². The maximum Gasteiger partial charge on any atom is 0.261 e. The van der Waals surface area contributed by atoms with Gasteiger partial charge in [0.15, 0.2) is 0 Å². The Labute approximate surface area is 186 Å². The molecule has 0 aromatic heterocycles. The van der Waals surface area contributed by atoms with Gasteiger partial charge in [0.25, 0.3) is 21.8 Å². The van der Waals surface area contributed by atoms with Crippen molar-refractivity contribution in [2.45, 2.75) is 30.7 Å². The number of hydrogen-bond acceptors (Lipinski definition) is 4. The van der Waals surface area contributed by atoms with Gasteiger partial charge in [0.05, 0.1) is 4.90 Å². The van der Waals surface area contributed by atoms with Crippen molar-refractivity contribution in [1.82, 2.24) is 5.32 Å². The van der Waals surface area contributed by atoms with Crippen LogP contribution in [0.5, 0.6) is 0 Å². The summed E-state index contributed by atoms with van der Waals surface area (Å²) in [6.07, 6.45) is 1.98. The first-order chi connectivity index (χ1) is 15.3. The maximum atomic E-state index is 12.7. The summed E-state index contributed by atoms with van der Waals surface area (Å²) < 4.78 is 27.7. The van der Waals surface area contributed by atoms with Crippen LogP contribution in [-0.4, -0.2) is 26.3 Å². The normalized spacial score (nSPS) is 13.3. The number of aryl methyl sites for hydroxylation is 1. The van der Waals surface area contributed by atoms with Crippen LogP contribution in [0, 0.1) is 6.92 Å². The molecule has 0 bridgehead atoms. The minimum Gasteiger partial charge on any atom is -0.349 e. The van der Waals surface area contributed by atoms with Crippen molar-refractivity contribution in [2.24, 2.45) is 0 Å². The van der Waals surface area contributed by atoms with E-state index >= 15 is 0 Å². The summed E-state index contributed by atoms with van der Waals surface area (Å²) in [4.78, 5) is 25.1. The summed E-state index contributed by atoms with van der Waals surface area (Å²) in [5.74, 6) is -0.586. The van der Waals surface area contributed by atoms with Crippen molar-refractivity contribution in [1.29, 1.82) is 0 Å². The zero-order valence-corrected chi connectivity index (χ0v) is 18.3. The molecule has 0 saturated heterocycles. The Morgan fingerprint density at radius 3 is 2.06 bits per heavy atom. The predicted octanol–water partition coefficient (Wildman–Crippen LogP) is 3.94. The number of rotatable bonds is 7. The van der Waals surface area contributed by atoms with Gasteiger partial charge in [0.2, 0.25) is 0 Å². The van der Waals surface area contributed by atoms with Gasteiger partial charge < -0.3 is 10.6 Å². The van der Waals surface area contributed by atoms with Gasteiger partial charge >= 0.3 is 0 Å². The lowest BCUT2D eigenvalue weighted by Gasteiger charge is -2.11. The third kappa shape index (κ3) is 5.33. The second kappa shape index (κ2) is 8.84. The van der Waals surface area contributed by atoms with Gasteiger partial charge in [0, 0.05) is 28.5 Å². The summed E-state index contributed by atoms with van der Waals surface area (Å²) in [7, 11) is -3.78. The van der Waals surface area contributed by atoms with Gasteiger partial charge in [-0.3, -0.25) is 14.3 Å². The number of anilines is 2. The summed E-state index contributed by atoms with van der Waals surface area (Å²) in [6, 6.07) is 19.6. The minimum absolute atomic E-state index is 0.138. The number of hydrogen-bond donors (Lipinski definition) is 3. The van der Waals surface area contributed by atoms with E-state index in [-0.39, 0.29) is 28.1 Å². The molecule has 0 aliphatic heterocycles. The van der Waals surface area contributed by atoms with Crippen LogP contribution in [0.4, 0.5) is 11.4 Å². The summed E-state index contributed by atoms with van der Waals surface area (Å²) in [5.41, 5.74) is 2.45. The molecule has 1 saturated carbocycles. The van der Waals surface area contributed by atoms with Gasteiger partial charge in [-0.15, -0.1) is 0 Å². The molecule has 2 amide bonds. The van der Waals surface area contributed by atoms with Crippen molar-refractivity contribution < 1.29 is 18.0 Å². The number of benzene rings is 3. The van der Waals surface area contributed by atoms with Crippen LogP contribution in [0.3, 0.4) is 0 Å². The van der Waals surface area contributed by atoms with E-state index in [1.54, 1.807) is 54.6 Å². The smallest absolute Gasteiger partial charge is 0.261 e. The lowest BCUT2D eigenvalue weighted by Crippen LogP contribution is -2.25. The van der Waals surface area contributed by atoms with E-state index in [2.05, 4.69) is 15.4 Å². The Kier molecular flexibility index (Phi) is 5.96. The molecule has 1 aliphatic rings. The van der Waals surface area contributed by atoms with E-state index in [0.717, 1.165) is 18.4 Å². The molecule has 0 atom stereocenters. The first-order valence-corrected chi connectivity index (χ1v) is 11.7. The van der Waals surface area contributed by atoms with Crippen LogP contribution in [0.25, 0.3) is 0 Å². The Morgan fingerprint density at radius 1 is 0.812 bits per heavy atom. The van der Waals surface area contributed by atoms with E-state index in [9.17, 15) is 18.0 Å². The highest BCUT2D eigenvalue weighted by atomic mass is 32.2. The molecule has 4 rings (SSSR count). The van der Waals surface area contributed by atoms with Crippen LogP contribution in [0.1, 0.15) is 39.1 Å². The standard InChI is InChI=1S/C24H23N3O4S/c1-16-8-12-22(13-9-16)32(30,31)27-21-7-3-5-18(15-21)24(29)26-20-6-2-4-17(14-20)23(28)25-19-10-11-19/h2-9,12-15,19,27H,10-11H2,1H3,(H,25,28)(H,26,29). The highest BCUT2D eigenvalue weighted by Gasteiger charge is 2.24. The molecule has 0 heterocycles. The van der Waals surface area contributed by atoms with E-state index in [1.807, 2.05) is 6.92 Å². The molecule has 1 fully saturated rings. The summed E-state index contributed by atoms with van der Waals surface area (Å²) in [6.45, 7) is 1.88. The van der Waals surface area contributed by atoms with Gasteiger partial charge in [-0.1, -0.05) is 29.8 Å². The molecule has 164 valence electrons. The van der Waals surface area contributed by atoms with E-state index < -0.39 is 15.9 Å². The first kappa shape index (κ1) is 21.6. The second-order valence-electron chi connectivity index (χ2n) is 7.78. The van der Waals surface area contributed by atoms with Gasteiger partial charge in [-0.05, 0) is 68.3 Å². The second-order valence-corrected chi connectivity index (χ2v) is 9.46. The van der Waals surface area contributed by atoms with E-state index in [4.69, 9.17) is 0 Å². The molecular weight excluding hydrogens is 426 g/mol. The molecule has 3 N–H and O–H groups in total. The third-order valence-corrected chi connectivity index (χ3v) is 6.40. The van der Waals surface area contributed by atoms with Crippen molar-refractivity contribution in [3.63, 3.8) is 0 Å². The molecule has 1 aliphatic carbocycles. The molecule has 3 aromatic carbocycles. The quantitative estimate of drug-likeness (QED) is 0.508. The van der Waals surface area contributed by atoms with Crippen LogP contribution in [0.15, 0.2) is 77.7 Å². The molecule has 3 aromatic rings. The highest BCUT2D eigenvalue weighted by molar-refractivity contribution is 7.92. The number of amides is 2. The Balaban J connectivity index is 1.46. The van der Waals surface area contributed by atoms with E-state index in [1.165, 1.54) is 18.2 Å². The number of nitrogens with one attached hydrogen (secondary N) is 3. The highest BCUT2D eigenvalue weighted by Crippen LogP contribution is 2.21. The third-order valence-electron chi connectivity index (χ3n) is 5.00. The Morgan fingerprint density at radius 2 is 1.41 bits per heavy atom. The molecule has 7 nitrogen and oxygen atoms in total. The van der Waals surface area contributed by atoms with Crippen molar-refractivity contribution in [2.75, 3.05) is 10.0 Å². The average Bonchev–Trinajstić information content (AvgIpc) is 3.58. The Hall–Kier alpha value is -3.65. The van der Waals surface area contributed by atoms with Crippen LogP contribution >= 0.6 is 0 Å². The summed E-state index contributed by atoms with van der Waals surface area (Å²) >= 11 is 0. The Bertz CT molecular complexity index is 1270. The van der Waals surface area contributed by atoms with Crippen molar-refractivity contribution in [3.8, 4) is 0 Å². The minimum atomic E-state index is -3.78. The van der Waals surface area contributed by atoms with Crippen LogP contribution in [0.2, 0.25) is 0 Å². The van der Waals surface area contributed by atoms with Crippen LogP contribution < -0.4 is 15.4 Å². The fraction of sp³-hybridized carbons (Fsp3) is 0.167.